The number of hydrogen-bond acceptors (Lipinski definition) is 6. The largest absolute Gasteiger partial charge is 0.479 e. The summed E-state index contributed by atoms with van der Waals surface area (Å²) in [5, 5.41) is 2.48. The summed E-state index contributed by atoms with van der Waals surface area (Å²) in [5.74, 6) is -11.2. The minimum absolute atomic E-state index is 0.000261. The number of ketones is 1. The number of nitrogens with one attached hydrogen (secondary N) is 1. The maximum atomic E-state index is 13.9. The summed E-state index contributed by atoms with van der Waals surface area (Å²) in [6, 6.07) is -1.47. The zero-order valence-corrected chi connectivity index (χ0v) is 22.1. The predicted molar refractivity (Wildman–Crippen MR) is 130 cm³/mol. The number of Topliss-reactive ketones (excluding diaryl/α,β-unsaturated/α-hetero) is 1. The molecule has 1 aromatic carbocycles. The van der Waals surface area contributed by atoms with Crippen molar-refractivity contribution in [2.75, 3.05) is 26.3 Å². The van der Waals surface area contributed by atoms with Gasteiger partial charge in [0.25, 0.3) is 0 Å². The van der Waals surface area contributed by atoms with Crippen molar-refractivity contribution >= 4 is 23.6 Å². The van der Waals surface area contributed by atoms with Crippen molar-refractivity contribution in [2.24, 2.45) is 17.8 Å². The van der Waals surface area contributed by atoms with Gasteiger partial charge >= 0.3 is 5.97 Å². The molecule has 0 spiro atoms. The van der Waals surface area contributed by atoms with Crippen LogP contribution in [-0.2, 0) is 23.9 Å². The number of halogens is 4. The molecule has 2 fully saturated rings. The predicted octanol–water partition coefficient (Wildman–Crippen LogP) is 3.69. The molecule has 3 rings (SSSR count). The quantitative estimate of drug-likeness (QED) is 0.253. The van der Waals surface area contributed by atoms with Crippen molar-refractivity contribution in [3.8, 4) is 5.75 Å². The van der Waals surface area contributed by atoms with Gasteiger partial charge in [0.15, 0.2) is 23.2 Å². The lowest BCUT2D eigenvalue weighted by Gasteiger charge is -2.33. The molecule has 1 aliphatic carbocycles. The molecule has 0 radical (unpaired) electrons. The van der Waals surface area contributed by atoms with Crippen LogP contribution in [0.25, 0.3) is 0 Å². The monoisotopic (exact) mass is 558 g/mol. The van der Waals surface area contributed by atoms with Crippen LogP contribution in [0.2, 0.25) is 0 Å². The van der Waals surface area contributed by atoms with Gasteiger partial charge in [-0.1, -0.05) is 26.7 Å². The van der Waals surface area contributed by atoms with Gasteiger partial charge in [0.1, 0.15) is 12.6 Å². The van der Waals surface area contributed by atoms with Crippen LogP contribution in [0.15, 0.2) is 6.07 Å². The number of likely N-dealkylation sites (tertiary alicyclic amines) is 1. The molecule has 0 unspecified atom stereocenters. The lowest BCUT2D eigenvalue weighted by molar-refractivity contribution is -0.147. The van der Waals surface area contributed by atoms with E-state index in [0.717, 1.165) is 25.7 Å². The number of piperidine rings is 1. The van der Waals surface area contributed by atoms with Gasteiger partial charge in [-0.2, -0.15) is 8.78 Å². The number of carbonyl (C=O) groups is 4. The Morgan fingerprint density at radius 1 is 0.949 bits per heavy atom. The van der Waals surface area contributed by atoms with Crippen LogP contribution in [0.5, 0.6) is 5.75 Å². The maximum Gasteiger partial charge on any atom is 0.308 e. The van der Waals surface area contributed by atoms with Crippen LogP contribution in [0.4, 0.5) is 17.6 Å². The van der Waals surface area contributed by atoms with Crippen molar-refractivity contribution in [2.45, 2.75) is 64.8 Å². The van der Waals surface area contributed by atoms with Gasteiger partial charge in [-0.05, 0) is 31.6 Å². The molecule has 39 heavy (non-hydrogen) atoms. The average molecular weight is 559 g/mol. The number of amides is 2. The van der Waals surface area contributed by atoms with Crippen molar-refractivity contribution in [3.63, 3.8) is 0 Å². The number of ether oxygens (including phenoxy) is 2. The lowest BCUT2D eigenvalue weighted by atomic mass is 9.93. The third kappa shape index (κ3) is 8.15. The fraction of sp³-hybridized carbons (Fsp3) is 0.630. The lowest BCUT2D eigenvalue weighted by Crippen LogP contribution is -2.49. The second kappa shape index (κ2) is 13.7. The minimum atomic E-state index is -1.82. The van der Waals surface area contributed by atoms with Crippen LogP contribution < -0.4 is 10.1 Å². The molecular weight excluding hydrogens is 524 g/mol. The molecule has 2 aliphatic rings. The topological polar surface area (TPSA) is 102 Å². The van der Waals surface area contributed by atoms with Gasteiger partial charge in [0, 0.05) is 31.0 Å². The van der Waals surface area contributed by atoms with E-state index in [-0.39, 0.29) is 30.4 Å². The average Bonchev–Trinajstić information content (AvgIpc) is 3.45. The Morgan fingerprint density at radius 3 is 2.10 bits per heavy atom. The maximum absolute atomic E-state index is 13.9. The van der Waals surface area contributed by atoms with Gasteiger partial charge < -0.3 is 19.7 Å². The molecule has 2 amide bonds. The van der Waals surface area contributed by atoms with E-state index < -0.39 is 71.7 Å². The molecule has 1 saturated heterocycles. The van der Waals surface area contributed by atoms with E-state index in [2.05, 4.69) is 5.32 Å². The smallest absolute Gasteiger partial charge is 0.308 e. The van der Waals surface area contributed by atoms with Crippen molar-refractivity contribution in [1.82, 2.24) is 10.2 Å². The zero-order chi connectivity index (χ0) is 28.7. The highest BCUT2D eigenvalue weighted by Crippen LogP contribution is 2.29. The molecule has 216 valence electrons. The number of hydrogen-bond donors (Lipinski definition) is 1. The van der Waals surface area contributed by atoms with Gasteiger partial charge in [0.2, 0.25) is 23.4 Å². The molecule has 1 N–H and O–H groups in total. The van der Waals surface area contributed by atoms with E-state index in [1.54, 1.807) is 18.7 Å². The first-order valence-corrected chi connectivity index (χ1v) is 13.2. The summed E-state index contributed by atoms with van der Waals surface area (Å²) < 4.78 is 64.6. The van der Waals surface area contributed by atoms with Gasteiger partial charge in [0.05, 0.1) is 13.0 Å². The number of nitrogens with zero attached hydrogens (tertiary/aromatic N) is 1. The van der Waals surface area contributed by atoms with Gasteiger partial charge in [-0.25, -0.2) is 8.78 Å². The van der Waals surface area contributed by atoms with Crippen molar-refractivity contribution in [3.05, 3.63) is 29.3 Å². The van der Waals surface area contributed by atoms with Crippen LogP contribution in [0, 0.1) is 41.0 Å². The first kappa shape index (κ1) is 30.4. The third-order valence-corrected chi connectivity index (χ3v) is 6.97. The van der Waals surface area contributed by atoms with Crippen molar-refractivity contribution < 1.29 is 46.2 Å². The van der Waals surface area contributed by atoms with E-state index in [0.29, 0.717) is 25.9 Å². The SMILES string of the molecule is CC(C)COC(=O)C[C@H](NC(=O)C1CCN(C(=O)C2CCCC2)CC1)C(=O)COc1c(F)c(F)cc(F)c1F. The highest BCUT2D eigenvalue weighted by molar-refractivity contribution is 5.93. The van der Waals surface area contributed by atoms with E-state index in [4.69, 9.17) is 9.47 Å². The Hall–Kier alpha value is -3.18. The molecule has 0 bridgehead atoms. The fourth-order valence-electron chi connectivity index (χ4n) is 4.74. The number of rotatable bonds is 11. The first-order valence-electron chi connectivity index (χ1n) is 13.2. The Kier molecular flexibility index (Phi) is 10.7. The Labute approximate surface area is 224 Å². The summed E-state index contributed by atoms with van der Waals surface area (Å²) in [4.78, 5) is 52.6. The summed E-state index contributed by atoms with van der Waals surface area (Å²) in [7, 11) is 0. The zero-order valence-electron chi connectivity index (χ0n) is 22.1. The molecule has 12 heteroatoms. The summed E-state index contributed by atoms with van der Waals surface area (Å²) in [5.41, 5.74) is 0. The molecule has 1 saturated carbocycles. The van der Waals surface area contributed by atoms with Gasteiger partial charge in [-0.3, -0.25) is 19.2 Å². The standard InChI is InChI=1S/C27H34F4N2O6/c1-15(2)13-38-22(35)12-20(21(34)14-39-25-23(30)18(28)11-19(29)24(25)31)32-26(36)16-7-9-33(10-8-16)27(37)17-5-3-4-6-17/h11,15-17,20H,3-10,12-14H2,1-2H3,(H,32,36)/t20-/m0/s1. The molecule has 1 heterocycles. The summed E-state index contributed by atoms with van der Waals surface area (Å²) in [6.07, 6.45) is 3.93. The Bertz CT molecular complexity index is 1040. The van der Waals surface area contributed by atoms with E-state index in [9.17, 15) is 36.7 Å². The fourth-order valence-corrected chi connectivity index (χ4v) is 4.74. The summed E-state index contributed by atoms with van der Waals surface area (Å²) in [6.45, 7) is 3.36. The Balaban J connectivity index is 1.63. The molecule has 1 aliphatic heterocycles. The number of benzene rings is 1. The first-order chi connectivity index (χ1) is 18.5. The third-order valence-electron chi connectivity index (χ3n) is 6.97. The molecule has 8 nitrogen and oxygen atoms in total. The second-order valence-electron chi connectivity index (χ2n) is 10.5. The van der Waals surface area contributed by atoms with Gasteiger partial charge in [-0.15, -0.1) is 0 Å². The van der Waals surface area contributed by atoms with Crippen LogP contribution in [0.3, 0.4) is 0 Å². The highest BCUT2D eigenvalue weighted by atomic mass is 19.2. The number of esters is 1. The summed E-state index contributed by atoms with van der Waals surface area (Å²) >= 11 is 0. The minimum Gasteiger partial charge on any atom is -0.479 e. The van der Waals surface area contributed by atoms with E-state index in [1.165, 1.54) is 0 Å². The highest BCUT2D eigenvalue weighted by Gasteiger charge is 2.34. The van der Waals surface area contributed by atoms with Crippen LogP contribution in [-0.4, -0.2) is 60.8 Å². The van der Waals surface area contributed by atoms with E-state index in [1.807, 2.05) is 0 Å². The normalized spacial score (nSPS) is 17.3. The molecular formula is C27H34F4N2O6. The van der Waals surface area contributed by atoms with Crippen LogP contribution >= 0.6 is 0 Å². The second-order valence-corrected chi connectivity index (χ2v) is 10.5. The van der Waals surface area contributed by atoms with Crippen molar-refractivity contribution in [1.29, 1.82) is 0 Å². The van der Waals surface area contributed by atoms with E-state index >= 15 is 0 Å². The molecule has 0 aromatic heterocycles. The number of carbonyl (C=O) groups excluding carboxylic acids is 4. The van der Waals surface area contributed by atoms with Crippen LogP contribution in [0.1, 0.15) is 58.8 Å². The Morgan fingerprint density at radius 2 is 1.54 bits per heavy atom. The molecule has 1 aromatic rings. The molecule has 1 atom stereocenters.